The second-order valence-electron chi connectivity index (χ2n) is 6.64. The third-order valence-electron chi connectivity index (χ3n) is 5.20. The average Bonchev–Trinajstić information content (AvgIpc) is 3.06. The molecule has 0 amide bonds. The number of aromatic nitrogens is 2. The van der Waals surface area contributed by atoms with Crippen molar-refractivity contribution in [2.45, 2.75) is 18.8 Å². The van der Waals surface area contributed by atoms with Crippen LogP contribution in [0.2, 0.25) is 0 Å². The lowest BCUT2D eigenvalue weighted by atomic mass is 9.86. The minimum absolute atomic E-state index is 0.290. The van der Waals surface area contributed by atoms with Gasteiger partial charge in [-0.2, -0.15) is 5.10 Å². The van der Waals surface area contributed by atoms with E-state index >= 15 is 0 Å². The number of hydrogen-bond acceptors (Lipinski definition) is 3. The molecule has 1 N–H and O–H groups in total. The summed E-state index contributed by atoms with van der Waals surface area (Å²) in [5.74, 6) is 0.851. The Morgan fingerprint density at radius 2 is 1.75 bits per heavy atom. The van der Waals surface area contributed by atoms with Crippen LogP contribution in [0.15, 0.2) is 54.6 Å². The van der Waals surface area contributed by atoms with Crippen molar-refractivity contribution >= 4 is 5.69 Å². The van der Waals surface area contributed by atoms with Gasteiger partial charge in [0.2, 0.25) is 0 Å². The molecule has 6 rings (SSSR count). The number of piperidine rings is 1. The fraction of sp³-hybridized carbons (Fsp3) is 0.250. The highest BCUT2D eigenvalue weighted by Crippen LogP contribution is 2.47. The summed E-state index contributed by atoms with van der Waals surface area (Å²) >= 11 is 0. The van der Waals surface area contributed by atoms with Crippen molar-refractivity contribution in [2.75, 3.05) is 18.0 Å². The van der Waals surface area contributed by atoms with Gasteiger partial charge in [0, 0.05) is 24.6 Å². The van der Waals surface area contributed by atoms with Crippen molar-refractivity contribution in [3.8, 4) is 22.7 Å². The minimum Gasteiger partial charge on any atom is -0.508 e. The summed E-state index contributed by atoms with van der Waals surface area (Å²) in [4.78, 5) is 2.46. The fourth-order valence-electron chi connectivity index (χ4n) is 4.06. The molecule has 4 heterocycles. The Hall–Kier alpha value is -2.75. The Morgan fingerprint density at radius 3 is 2.50 bits per heavy atom. The lowest BCUT2D eigenvalue weighted by molar-refractivity contribution is 0.465. The third-order valence-corrected chi connectivity index (χ3v) is 5.20. The predicted octanol–water partition coefficient (Wildman–Crippen LogP) is 3.94. The Bertz CT molecular complexity index is 893. The average molecular weight is 317 g/mol. The summed E-state index contributed by atoms with van der Waals surface area (Å²) in [6.45, 7) is 2.20. The van der Waals surface area contributed by atoms with Crippen LogP contribution in [0.4, 0.5) is 5.69 Å². The fourth-order valence-corrected chi connectivity index (χ4v) is 4.06. The number of hydrogen-bond donors (Lipinski definition) is 1. The van der Waals surface area contributed by atoms with E-state index in [9.17, 15) is 5.11 Å². The van der Waals surface area contributed by atoms with E-state index in [1.165, 1.54) is 24.2 Å². The van der Waals surface area contributed by atoms with Crippen LogP contribution >= 0.6 is 0 Å². The van der Waals surface area contributed by atoms with Crippen molar-refractivity contribution in [1.82, 2.24) is 9.78 Å². The van der Waals surface area contributed by atoms with Crippen LogP contribution in [0.3, 0.4) is 0 Å². The molecule has 2 bridgehead atoms. The van der Waals surface area contributed by atoms with Crippen LogP contribution in [0.1, 0.15) is 24.5 Å². The van der Waals surface area contributed by atoms with Gasteiger partial charge in [-0.1, -0.05) is 30.3 Å². The number of nitrogens with zero attached hydrogens (tertiary/aromatic N) is 3. The SMILES string of the molecule is Oc1cccc(-c2c3c(nn2-c2ccccc2)C2CCN3CC2)c1. The predicted molar refractivity (Wildman–Crippen MR) is 94.9 cm³/mol. The summed E-state index contributed by atoms with van der Waals surface area (Å²) < 4.78 is 2.05. The summed E-state index contributed by atoms with van der Waals surface area (Å²) in [7, 11) is 0. The number of benzene rings is 2. The molecule has 0 radical (unpaired) electrons. The van der Waals surface area contributed by atoms with Crippen LogP contribution in [0, 0.1) is 0 Å². The highest BCUT2D eigenvalue weighted by atomic mass is 16.3. The van der Waals surface area contributed by atoms with Gasteiger partial charge in [-0.25, -0.2) is 4.68 Å². The molecule has 0 spiro atoms. The van der Waals surface area contributed by atoms with Crippen LogP contribution in [0.5, 0.6) is 5.75 Å². The summed E-state index contributed by atoms with van der Waals surface area (Å²) in [5.41, 5.74) is 5.64. The van der Waals surface area contributed by atoms with Gasteiger partial charge in [-0.15, -0.1) is 0 Å². The summed E-state index contributed by atoms with van der Waals surface area (Å²) in [6.07, 6.45) is 2.39. The van der Waals surface area contributed by atoms with Crippen molar-refractivity contribution in [1.29, 1.82) is 0 Å². The van der Waals surface area contributed by atoms with Crippen molar-refractivity contribution in [2.24, 2.45) is 0 Å². The summed E-state index contributed by atoms with van der Waals surface area (Å²) in [5, 5.41) is 15.0. The monoisotopic (exact) mass is 317 g/mol. The molecule has 3 aromatic rings. The maximum absolute atomic E-state index is 9.97. The molecular weight excluding hydrogens is 298 g/mol. The first-order chi connectivity index (χ1) is 11.8. The van der Waals surface area contributed by atoms with Gasteiger partial charge in [0.15, 0.2) is 0 Å². The smallest absolute Gasteiger partial charge is 0.116 e. The molecule has 24 heavy (non-hydrogen) atoms. The summed E-state index contributed by atoms with van der Waals surface area (Å²) in [6, 6.07) is 17.8. The zero-order chi connectivity index (χ0) is 16.1. The van der Waals surface area contributed by atoms with Crippen molar-refractivity contribution in [3.63, 3.8) is 0 Å². The lowest BCUT2D eigenvalue weighted by Gasteiger charge is -2.39. The van der Waals surface area contributed by atoms with Crippen LogP contribution in [0.25, 0.3) is 16.9 Å². The molecule has 120 valence electrons. The number of rotatable bonds is 2. The van der Waals surface area contributed by atoms with E-state index in [1.807, 2.05) is 30.3 Å². The van der Waals surface area contributed by atoms with E-state index < -0.39 is 0 Å². The Labute approximate surface area is 141 Å². The van der Waals surface area contributed by atoms with Gasteiger partial charge >= 0.3 is 0 Å². The van der Waals surface area contributed by atoms with Crippen molar-refractivity contribution < 1.29 is 5.11 Å². The lowest BCUT2D eigenvalue weighted by Crippen LogP contribution is -2.38. The molecule has 0 aliphatic carbocycles. The van der Waals surface area contributed by atoms with Gasteiger partial charge in [-0.3, -0.25) is 0 Å². The van der Waals surface area contributed by atoms with E-state index in [2.05, 4.69) is 27.8 Å². The number of phenolic OH excluding ortho intramolecular Hbond substituents is 1. The second kappa shape index (κ2) is 5.13. The molecular formula is C20H19N3O. The number of para-hydroxylation sites is 1. The Balaban J connectivity index is 1.80. The van der Waals surface area contributed by atoms with Gasteiger partial charge in [-0.05, 0) is 37.1 Å². The molecule has 0 saturated carbocycles. The molecule has 0 atom stereocenters. The molecule has 3 aliphatic heterocycles. The first kappa shape index (κ1) is 13.7. The number of phenols is 1. The molecule has 1 fully saturated rings. The molecule has 1 aromatic heterocycles. The number of fused-ring (bicyclic) bond motifs is 2. The number of anilines is 1. The number of aromatic hydroxyl groups is 1. The first-order valence-electron chi connectivity index (χ1n) is 8.54. The van der Waals surface area contributed by atoms with E-state index in [0.29, 0.717) is 5.92 Å². The van der Waals surface area contributed by atoms with Gasteiger partial charge in [0.05, 0.1) is 22.8 Å². The molecule has 3 aliphatic rings. The minimum atomic E-state index is 0.290. The highest BCUT2D eigenvalue weighted by Gasteiger charge is 2.37. The van der Waals surface area contributed by atoms with E-state index in [4.69, 9.17) is 5.10 Å². The van der Waals surface area contributed by atoms with Crippen LogP contribution in [-0.2, 0) is 0 Å². The maximum Gasteiger partial charge on any atom is 0.116 e. The molecule has 4 nitrogen and oxygen atoms in total. The van der Waals surface area contributed by atoms with Crippen molar-refractivity contribution in [3.05, 3.63) is 60.3 Å². The molecule has 4 heteroatoms. The normalized spacial score (nSPS) is 16.4. The zero-order valence-corrected chi connectivity index (χ0v) is 13.4. The molecule has 2 aromatic carbocycles. The standard InChI is InChI=1S/C20H19N3O/c24-17-8-4-5-15(13-17)19-20-18(14-9-11-22(20)12-10-14)21-23(19)16-6-2-1-3-7-16/h1-8,13-14,24H,9-12H2. The Kier molecular flexibility index (Phi) is 2.92. The van der Waals surface area contributed by atoms with Crippen LogP contribution < -0.4 is 4.90 Å². The van der Waals surface area contributed by atoms with Gasteiger partial charge in [0.1, 0.15) is 5.75 Å². The van der Waals surface area contributed by atoms with Crippen LogP contribution in [-0.4, -0.2) is 28.0 Å². The van der Waals surface area contributed by atoms with E-state index in [-0.39, 0.29) is 5.75 Å². The Morgan fingerprint density at radius 1 is 0.958 bits per heavy atom. The third kappa shape index (κ3) is 1.96. The molecule has 0 unspecified atom stereocenters. The van der Waals surface area contributed by atoms with Gasteiger partial charge in [0.25, 0.3) is 0 Å². The van der Waals surface area contributed by atoms with Gasteiger partial charge < -0.3 is 10.0 Å². The zero-order valence-electron chi connectivity index (χ0n) is 13.4. The largest absolute Gasteiger partial charge is 0.508 e. The van der Waals surface area contributed by atoms with E-state index in [1.54, 1.807) is 6.07 Å². The topological polar surface area (TPSA) is 41.3 Å². The quantitative estimate of drug-likeness (QED) is 0.778. The maximum atomic E-state index is 9.97. The molecule has 1 saturated heterocycles. The second-order valence-corrected chi connectivity index (χ2v) is 6.64. The van der Waals surface area contributed by atoms with E-state index in [0.717, 1.165) is 30.0 Å². The first-order valence-corrected chi connectivity index (χ1v) is 8.54. The highest BCUT2D eigenvalue weighted by molar-refractivity contribution is 5.81.